The maximum Gasteiger partial charge on any atom is 0.321 e. The number of thioether (sulfide) groups is 1. The van der Waals surface area contributed by atoms with Gasteiger partial charge in [-0.15, -0.1) is 11.8 Å². The number of hydrogen-bond acceptors (Lipinski definition) is 12. The van der Waals surface area contributed by atoms with Crippen molar-refractivity contribution in [3.63, 3.8) is 0 Å². The Hall–Kier alpha value is -6.43. The molecule has 0 aliphatic heterocycles. The Labute approximate surface area is 389 Å². The zero-order chi connectivity index (χ0) is 50.0. The normalized spacial score (nSPS) is 13.6. The van der Waals surface area contributed by atoms with Crippen molar-refractivity contribution in [1.29, 1.82) is 0 Å². The first kappa shape index (κ1) is 54.9. The van der Waals surface area contributed by atoms with Crippen molar-refractivity contribution < 1.29 is 67.6 Å². The molecule has 0 saturated heterocycles. The molecule has 5 amide bonds. The van der Waals surface area contributed by atoms with Crippen molar-refractivity contribution in [3.8, 4) is 11.1 Å². The summed E-state index contributed by atoms with van der Waals surface area (Å²) >= 11 is 0.623. The molecule has 3 aromatic rings. The van der Waals surface area contributed by atoms with Gasteiger partial charge in [-0.3, -0.25) is 38.4 Å². The van der Waals surface area contributed by atoms with Crippen LogP contribution in [0.2, 0.25) is 0 Å². The lowest BCUT2D eigenvalue weighted by Crippen LogP contribution is -2.51. The van der Waals surface area contributed by atoms with Crippen molar-refractivity contribution >= 4 is 59.2 Å². The van der Waals surface area contributed by atoms with Gasteiger partial charge in [0.05, 0.1) is 18.6 Å². The zero-order valence-electron chi connectivity index (χ0n) is 37.2. The summed E-state index contributed by atoms with van der Waals surface area (Å²) < 4.78 is 31.3. The van der Waals surface area contributed by atoms with E-state index in [2.05, 4.69) is 21.3 Å². The summed E-state index contributed by atoms with van der Waals surface area (Å²) in [6.45, 7) is 3.76. The standard InChI is InChI=1S/C44H58F2N8O12S/c1-44(2,3)39(33-17-26(28-18-27(45)9-10-29(28)46)22-53(33)21-25-7-5-4-6-8-25)54(37(58)23-55)16-13-30(47)40(61)49-14-15-50-41(62)32(11-12-38(59)60)52-36(57)20-51-35(56)19-34(43(65)66)67-24-31(48)42(63)64/h4-10,17-18,22,30-32,34,39,55H,11-16,19-21,23-24,47-48H2,1-3H3,(H,49,61)(H,50,62)(H,51,56)(H,52,57)(H,59,60)(H,63,64)(H,65,66)/t30-,31-,32+,34-,39-/m0/s1. The number of aliphatic hydroxyl groups excluding tert-OH is 1. The average Bonchev–Trinajstić information content (AvgIpc) is 3.67. The minimum absolute atomic E-state index is 0.00182. The number of rotatable bonds is 27. The van der Waals surface area contributed by atoms with Crippen LogP contribution in [0.1, 0.15) is 63.8 Å². The van der Waals surface area contributed by atoms with Crippen molar-refractivity contribution in [2.24, 2.45) is 16.9 Å². The molecule has 3 rings (SSSR count). The van der Waals surface area contributed by atoms with E-state index in [9.17, 15) is 58.1 Å². The van der Waals surface area contributed by atoms with E-state index < -0.39 is 120 Å². The maximum atomic E-state index is 15.1. The van der Waals surface area contributed by atoms with Gasteiger partial charge < -0.3 is 62.6 Å². The van der Waals surface area contributed by atoms with E-state index in [1.54, 1.807) is 12.3 Å². The summed E-state index contributed by atoms with van der Waals surface area (Å²) in [5.74, 6) is -9.66. The van der Waals surface area contributed by atoms with Gasteiger partial charge in [-0.1, -0.05) is 51.1 Å². The molecular formula is C44H58F2N8O12S. The van der Waals surface area contributed by atoms with Gasteiger partial charge in [-0.25, -0.2) is 8.78 Å². The van der Waals surface area contributed by atoms with E-state index in [0.717, 1.165) is 23.8 Å². The summed E-state index contributed by atoms with van der Waals surface area (Å²) in [5, 5.41) is 45.8. The van der Waals surface area contributed by atoms with Crippen LogP contribution >= 0.6 is 11.8 Å². The number of nitrogens with one attached hydrogen (secondary N) is 4. The van der Waals surface area contributed by atoms with Crippen molar-refractivity contribution in [3.05, 3.63) is 83.7 Å². The molecule has 366 valence electrons. The van der Waals surface area contributed by atoms with E-state index in [-0.39, 0.29) is 50.3 Å². The number of benzene rings is 2. The van der Waals surface area contributed by atoms with Crippen LogP contribution in [0.3, 0.4) is 0 Å². The quantitative estimate of drug-likeness (QED) is 0.0473. The van der Waals surface area contributed by atoms with Crippen LogP contribution in [0, 0.1) is 17.0 Å². The van der Waals surface area contributed by atoms with Gasteiger partial charge in [0.2, 0.25) is 29.5 Å². The van der Waals surface area contributed by atoms with Gasteiger partial charge in [0.15, 0.2) is 0 Å². The molecule has 5 atom stereocenters. The molecule has 1 aromatic heterocycles. The number of halogens is 2. The lowest BCUT2D eigenvalue weighted by molar-refractivity contribution is -0.140. The van der Waals surface area contributed by atoms with Crippen LogP contribution in [-0.4, -0.2) is 139 Å². The minimum Gasteiger partial charge on any atom is -0.481 e. The Bertz CT molecular complexity index is 2230. The molecule has 67 heavy (non-hydrogen) atoms. The lowest BCUT2D eigenvalue weighted by atomic mass is 9.82. The molecule has 0 aliphatic rings. The van der Waals surface area contributed by atoms with Gasteiger partial charge in [0.1, 0.15) is 35.6 Å². The topological polar surface area (TPSA) is 326 Å². The number of carboxylic acids is 3. The Morgan fingerprint density at radius 1 is 0.821 bits per heavy atom. The Balaban J connectivity index is 1.65. The highest BCUT2D eigenvalue weighted by Crippen LogP contribution is 2.41. The van der Waals surface area contributed by atoms with E-state index in [1.807, 2.05) is 55.7 Å². The van der Waals surface area contributed by atoms with Crippen LogP contribution in [0.5, 0.6) is 0 Å². The fourth-order valence-electron chi connectivity index (χ4n) is 6.85. The van der Waals surface area contributed by atoms with Gasteiger partial charge >= 0.3 is 17.9 Å². The molecular weight excluding hydrogens is 903 g/mol. The summed E-state index contributed by atoms with van der Waals surface area (Å²) in [4.78, 5) is 99.8. The first-order valence-electron chi connectivity index (χ1n) is 21.0. The number of aromatic nitrogens is 1. The summed E-state index contributed by atoms with van der Waals surface area (Å²) in [6.07, 6.45) is 0.0226. The third-order valence-electron chi connectivity index (χ3n) is 10.2. The van der Waals surface area contributed by atoms with E-state index >= 15 is 4.39 Å². The van der Waals surface area contributed by atoms with Gasteiger partial charge in [-0.2, -0.15) is 0 Å². The Morgan fingerprint density at radius 2 is 1.48 bits per heavy atom. The average molecular weight is 961 g/mol. The molecule has 1 heterocycles. The summed E-state index contributed by atoms with van der Waals surface area (Å²) in [6, 6.07) is 9.31. The fraction of sp³-hybridized carbons (Fsp3) is 0.455. The number of carboxylic acid groups (broad SMARTS) is 3. The van der Waals surface area contributed by atoms with E-state index in [4.69, 9.17) is 16.6 Å². The Morgan fingerprint density at radius 3 is 2.07 bits per heavy atom. The molecule has 20 nitrogen and oxygen atoms in total. The summed E-state index contributed by atoms with van der Waals surface area (Å²) in [7, 11) is 0. The molecule has 0 radical (unpaired) electrons. The number of nitrogens with two attached hydrogens (primary N) is 2. The van der Waals surface area contributed by atoms with Crippen LogP contribution in [0.4, 0.5) is 8.78 Å². The molecule has 2 aromatic carbocycles. The lowest BCUT2D eigenvalue weighted by Gasteiger charge is -2.41. The SMILES string of the molecule is CC(C)(C)[C@H](c1cc(-c2cc(F)ccc2F)cn1Cc1ccccc1)N(CC[C@H](N)C(=O)NCCNC(=O)[C@@H](CCC(=O)O)NC(=O)CNC(=O)C[C@H](SC[C@H](N)C(=O)O)C(=O)O)C(=O)CO. The molecule has 0 aliphatic carbocycles. The number of nitrogens with zero attached hydrogens (tertiary/aromatic N) is 2. The van der Waals surface area contributed by atoms with Crippen LogP contribution in [0.25, 0.3) is 11.1 Å². The molecule has 0 saturated carbocycles. The molecule has 0 spiro atoms. The predicted molar refractivity (Wildman–Crippen MR) is 241 cm³/mol. The van der Waals surface area contributed by atoms with E-state index in [0.29, 0.717) is 23.0 Å². The number of aliphatic carboxylic acids is 3. The molecule has 23 heteroatoms. The number of hydrogen-bond donors (Lipinski definition) is 10. The fourth-order valence-corrected chi connectivity index (χ4v) is 7.84. The molecule has 0 fully saturated rings. The van der Waals surface area contributed by atoms with Crippen LogP contribution < -0.4 is 32.7 Å². The maximum absolute atomic E-state index is 15.1. The van der Waals surface area contributed by atoms with Crippen LogP contribution in [-0.2, 0) is 44.9 Å². The monoisotopic (exact) mass is 960 g/mol. The number of carbonyl (C=O) groups excluding carboxylic acids is 5. The predicted octanol–water partition coefficient (Wildman–Crippen LogP) is 0.794. The van der Waals surface area contributed by atoms with Gasteiger partial charge in [-0.05, 0) is 48.1 Å². The third-order valence-corrected chi connectivity index (χ3v) is 11.5. The molecule has 0 bridgehead atoms. The minimum atomic E-state index is -1.42. The Kier molecular flexibility index (Phi) is 21.3. The highest BCUT2D eigenvalue weighted by atomic mass is 32.2. The van der Waals surface area contributed by atoms with E-state index in [1.165, 1.54) is 4.90 Å². The third kappa shape index (κ3) is 17.7. The second kappa shape index (κ2) is 26.0. The molecule has 12 N–H and O–H groups in total. The second-order valence-electron chi connectivity index (χ2n) is 16.5. The van der Waals surface area contributed by atoms with Crippen molar-refractivity contribution in [2.75, 3.05) is 38.5 Å². The van der Waals surface area contributed by atoms with Crippen molar-refractivity contribution in [1.82, 2.24) is 30.7 Å². The van der Waals surface area contributed by atoms with Gasteiger partial charge in [0.25, 0.3) is 0 Å². The first-order chi connectivity index (χ1) is 31.5. The number of aliphatic hydroxyl groups is 1. The number of carbonyl (C=O) groups is 8. The van der Waals surface area contributed by atoms with Crippen molar-refractivity contribution in [2.45, 2.75) is 82.4 Å². The second-order valence-corrected chi connectivity index (χ2v) is 17.8. The highest BCUT2D eigenvalue weighted by molar-refractivity contribution is 8.00. The highest BCUT2D eigenvalue weighted by Gasteiger charge is 2.37. The number of amides is 5. The summed E-state index contributed by atoms with van der Waals surface area (Å²) in [5.41, 5.74) is 12.7. The van der Waals surface area contributed by atoms with Gasteiger partial charge in [0, 0.05) is 67.8 Å². The zero-order valence-corrected chi connectivity index (χ0v) is 38.0. The van der Waals surface area contributed by atoms with Crippen LogP contribution in [0.15, 0.2) is 60.8 Å². The largest absolute Gasteiger partial charge is 0.481 e. The smallest absolute Gasteiger partial charge is 0.321 e. The molecule has 0 unspecified atom stereocenters. The first-order valence-corrected chi connectivity index (χ1v) is 22.1.